The van der Waals surface area contributed by atoms with Gasteiger partial charge in [-0.15, -0.1) is 0 Å². The van der Waals surface area contributed by atoms with Gasteiger partial charge in [-0.1, -0.05) is 48.2 Å². The standard InChI is InChI=1S/C25H22N2O/c28-25(27-19-17-26(18-20-27)24-9-5-2-6-10-24)23-15-13-22(14-16-23)12-11-21-7-3-1-4-8-21/h1-10,13-16H,17-20H2. The first kappa shape index (κ1) is 17.9. The number of amides is 1. The number of nitrogens with zero attached hydrogens (tertiary/aromatic N) is 2. The van der Waals surface area contributed by atoms with Crippen LogP contribution in [0.2, 0.25) is 0 Å². The van der Waals surface area contributed by atoms with Crippen LogP contribution in [0.25, 0.3) is 0 Å². The van der Waals surface area contributed by atoms with Gasteiger partial charge in [0.2, 0.25) is 0 Å². The van der Waals surface area contributed by atoms with E-state index in [2.05, 4.69) is 41.0 Å². The second-order valence-corrected chi connectivity index (χ2v) is 6.81. The van der Waals surface area contributed by atoms with E-state index in [4.69, 9.17) is 0 Å². The minimum absolute atomic E-state index is 0.0929. The van der Waals surface area contributed by atoms with E-state index < -0.39 is 0 Å². The summed E-state index contributed by atoms with van der Waals surface area (Å²) in [6.45, 7) is 3.19. The predicted octanol–water partition coefficient (Wildman–Crippen LogP) is 4.05. The number of para-hydroxylation sites is 1. The second-order valence-electron chi connectivity index (χ2n) is 6.81. The highest BCUT2D eigenvalue weighted by molar-refractivity contribution is 5.94. The zero-order valence-corrected chi connectivity index (χ0v) is 15.7. The SMILES string of the molecule is O=C(c1ccc(C#Cc2ccccc2)cc1)N1CCN(c2ccccc2)CC1. The summed E-state index contributed by atoms with van der Waals surface area (Å²) >= 11 is 0. The first-order valence-electron chi connectivity index (χ1n) is 9.56. The minimum atomic E-state index is 0.0929. The van der Waals surface area contributed by atoms with Crippen LogP contribution in [0.3, 0.4) is 0 Å². The van der Waals surface area contributed by atoms with Gasteiger partial charge in [0.25, 0.3) is 5.91 Å². The molecule has 1 fully saturated rings. The van der Waals surface area contributed by atoms with Gasteiger partial charge in [-0.2, -0.15) is 0 Å². The van der Waals surface area contributed by atoms with Gasteiger partial charge in [0, 0.05) is 48.6 Å². The summed E-state index contributed by atoms with van der Waals surface area (Å²) in [7, 11) is 0. The van der Waals surface area contributed by atoms with Crippen molar-refractivity contribution in [1.29, 1.82) is 0 Å². The largest absolute Gasteiger partial charge is 0.368 e. The van der Waals surface area contributed by atoms with Crippen molar-refractivity contribution in [1.82, 2.24) is 4.90 Å². The number of anilines is 1. The quantitative estimate of drug-likeness (QED) is 0.639. The van der Waals surface area contributed by atoms with Gasteiger partial charge < -0.3 is 9.80 Å². The maximum Gasteiger partial charge on any atom is 0.253 e. The van der Waals surface area contributed by atoms with Gasteiger partial charge in [0.05, 0.1) is 0 Å². The highest BCUT2D eigenvalue weighted by Crippen LogP contribution is 2.17. The maximum absolute atomic E-state index is 12.8. The van der Waals surface area contributed by atoms with Crippen LogP contribution in [0.4, 0.5) is 5.69 Å². The number of carbonyl (C=O) groups excluding carboxylic acids is 1. The lowest BCUT2D eigenvalue weighted by Gasteiger charge is -2.36. The van der Waals surface area contributed by atoms with Gasteiger partial charge in [0.15, 0.2) is 0 Å². The van der Waals surface area contributed by atoms with Crippen molar-refractivity contribution < 1.29 is 4.79 Å². The maximum atomic E-state index is 12.8. The Balaban J connectivity index is 1.37. The molecule has 138 valence electrons. The van der Waals surface area contributed by atoms with Gasteiger partial charge in [-0.25, -0.2) is 0 Å². The predicted molar refractivity (Wildman–Crippen MR) is 113 cm³/mol. The molecule has 0 unspecified atom stereocenters. The molecule has 1 heterocycles. The Morgan fingerprint density at radius 2 is 1.18 bits per heavy atom. The fourth-order valence-electron chi connectivity index (χ4n) is 3.35. The van der Waals surface area contributed by atoms with Crippen LogP contribution >= 0.6 is 0 Å². The molecule has 3 nitrogen and oxygen atoms in total. The summed E-state index contributed by atoms with van der Waals surface area (Å²) in [5, 5.41) is 0. The summed E-state index contributed by atoms with van der Waals surface area (Å²) in [4.78, 5) is 17.1. The van der Waals surface area contributed by atoms with Crippen LogP contribution in [0.1, 0.15) is 21.5 Å². The third kappa shape index (κ3) is 4.24. The smallest absolute Gasteiger partial charge is 0.253 e. The fourth-order valence-corrected chi connectivity index (χ4v) is 3.35. The third-order valence-corrected chi connectivity index (χ3v) is 4.95. The van der Waals surface area contributed by atoms with E-state index in [1.54, 1.807) is 0 Å². The van der Waals surface area contributed by atoms with E-state index in [0.717, 1.165) is 42.9 Å². The van der Waals surface area contributed by atoms with Crippen LogP contribution in [-0.4, -0.2) is 37.0 Å². The van der Waals surface area contributed by atoms with Crippen LogP contribution in [0, 0.1) is 11.8 Å². The van der Waals surface area contributed by atoms with Gasteiger partial charge in [-0.05, 0) is 48.5 Å². The van der Waals surface area contributed by atoms with Gasteiger partial charge in [-0.3, -0.25) is 4.79 Å². The van der Waals surface area contributed by atoms with Crippen molar-refractivity contribution >= 4 is 11.6 Å². The average molecular weight is 366 g/mol. The second kappa shape index (κ2) is 8.45. The minimum Gasteiger partial charge on any atom is -0.368 e. The summed E-state index contributed by atoms with van der Waals surface area (Å²) in [6.07, 6.45) is 0. The molecular formula is C25H22N2O. The molecule has 3 aromatic carbocycles. The molecule has 4 rings (SSSR count). The van der Waals surface area contributed by atoms with E-state index in [9.17, 15) is 4.79 Å². The number of carbonyl (C=O) groups is 1. The van der Waals surface area contributed by atoms with Gasteiger partial charge in [0.1, 0.15) is 0 Å². The molecule has 1 aliphatic heterocycles. The first-order valence-corrected chi connectivity index (χ1v) is 9.56. The van der Waals surface area contributed by atoms with Crippen molar-refractivity contribution in [2.45, 2.75) is 0 Å². The Kier molecular flexibility index (Phi) is 5.40. The third-order valence-electron chi connectivity index (χ3n) is 4.95. The Labute approximate surface area is 166 Å². The zero-order chi connectivity index (χ0) is 19.2. The van der Waals surface area contributed by atoms with E-state index in [1.807, 2.05) is 65.6 Å². The molecule has 3 heteroatoms. The average Bonchev–Trinajstić information content (AvgIpc) is 2.79. The Morgan fingerprint density at radius 3 is 1.79 bits per heavy atom. The van der Waals surface area contributed by atoms with Crippen LogP contribution in [0.5, 0.6) is 0 Å². The molecule has 0 bridgehead atoms. The summed E-state index contributed by atoms with van der Waals surface area (Å²) < 4.78 is 0. The lowest BCUT2D eigenvalue weighted by molar-refractivity contribution is 0.0747. The molecule has 1 saturated heterocycles. The van der Waals surface area contributed by atoms with E-state index >= 15 is 0 Å². The number of hydrogen-bond acceptors (Lipinski definition) is 2. The normalized spacial score (nSPS) is 13.6. The molecule has 0 N–H and O–H groups in total. The van der Waals surface area contributed by atoms with Crippen molar-refractivity contribution in [3.8, 4) is 11.8 Å². The van der Waals surface area contributed by atoms with Crippen molar-refractivity contribution in [3.05, 3.63) is 102 Å². The summed E-state index contributed by atoms with van der Waals surface area (Å²) in [5.74, 6) is 6.38. The molecule has 0 spiro atoms. The molecule has 0 aliphatic carbocycles. The lowest BCUT2D eigenvalue weighted by Crippen LogP contribution is -2.48. The highest BCUT2D eigenvalue weighted by atomic mass is 16.2. The van der Waals surface area contributed by atoms with Crippen LogP contribution < -0.4 is 4.90 Å². The van der Waals surface area contributed by atoms with E-state index in [1.165, 1.54) is 5.69 Å². The number of hydrogen-bond donors (Lipinski definition) is 0. The lowest BCUT2D eigenvalue weighted by atomic mass is 10.1. The van der Waals surface area contributed by atoms with E-state index in [0.29, 0.717) is 0 Å². The molecule has 0 aromatic heterocycles. The van der Waals surface area contributed by atoms with Crippen LogP contribution in [-0.2, 0) is 0 Å². The Bertz CT molecular complexity index is 977. The van der Waals surface area contributed by atoms with Crippen molar-refractivity contribution in [3.63, 3.8) is 0 Å². The van der Waals surface area contributed by atoms with Crippen LogP contribution in [0.15, 0.2) is 84.9 Å². The number of rotatable bonds is 2. The molecule has 0 radical (unpaired) electrons. The molecule has 0 saturated carbocycles. The van der Waals surface area contributed by atoms with E-state index in [-0.39, 0.29) is 5.91 Å². The highest BCUT2D eigenvalue weighted by Gasteiger charge is 2.22. The number of piperazine rings is 1. The van der Waals surface area contributed by atoms with Crippen molar-refractivity contribution in [2.75, 3.05) is 31.1 Å². The van der Waals surface area contributed by atoms with Gasteiger partial charge >= 0.3 is 0 Å². The molecule has 1 amide bonds. The van der Waals surface area contributed by atoms with Crippen molar-refractivity contribution in [2.24, 2.45) is 0 Å². The molecule has 1 aliphatic rings. The summed E-state index contributed by atoms with van der Waals surface area (Å²) in [6, 6.07) is 27.9. The Hall–Kier alpha value is -3.51. The Morgan fingerprint density at radius 1 is 0.643 bits per heavy atom. The zero-order valence-electron chi connectivity index (χ0n) is 15.7. The number of benzene rings is 3. The monoisotopic (exact) mass is 366 g/mol. The molecule has 3 aromatic rings. The summed E-state index contributed by atoms with van der Waals surface area (Å²) in [5.41, 5.74) is 3.84. The fraction of sp³-hybridized carbons (Fsp3) is 0.160. The first-order chi connectivity index (χ1) is 13.8. The molecular weight excluding hydrogens is 344 g/mol. The topological polar surface area (TPSA) is 23.6 Å². The molecule has 28 heavy (non-hydrogen) atoms. The molecule has 0 atom stereocenters.